The number of carbonyl (C=O) groups is 2. The van der Waals surface area contributed by atoms with Crippen LogP contribution in [0.25, 0.3) is 28.0 Å². The highest BCUT2D eigenvalue weighted by Crippen LogP contribution is 2.25. The number of rotatable bonds is 7. The number of piperidine rings is 1. The summed E-state index contributed by atoms with van der Waals surface area (Å²) in [5.74, 6) is 5.08. The molecular weight excluding hydrogens is 630 g/mol. The summed E-state index contributed by atoms with van der Waals surface area (Å²) >= 11 is 0. The number of benzene rings is 2. The third-order valence-corrected chi connectivity index (χ3v) is 8.27. The van der Waals surface area contributed by atoms with Gasteiger partial charge in [0.05, 0.1) is 18.8 Å². The summed E-state index contributed by atoms with van der Waals surface area (Å²) in [6, 6.07) is 13.1. The number of Topliss-reactive ketones (excluding diaryl/α,β-unsaturated/α-hetero) is 1. The zero-order valence-electron chi connectivity index (χ0n) is 28.0. The highest BCUT2D eigenvalue weighted by Gasteiger charge is 2.30. The van der Waals surface area contributed by atoms with E-state index in [2.05, 4.69) is 17.2 Å². The molecule has 1 aliphatic rings. The van der Waals surface area contributed by atoms with E-state index in [9.17, 15) is 24.0 Å². The van der Waals surface area contributed by atoms with Gasteiger partial charge in [-0.15, -0.1) is 5.92 Å². The first-order valence-corrected chi connectivity index (χ1v) is 15.9. The zero-order valence-corrected chi connectivity index (χ0v) is 28.0. The molecule has 14 nitrogen and oxygen atoms in total. The maximum Gasteiger partial charge on any atom is 0.419 e. The Balaban J connectivity index is 1.50. The highest BCUT2D eigenvalue weighted by molar-refractivity contribution is 6.05. The van der Waals surface area contributed by atoms with Gasteiger partial charge < -0.3 is 19.4 Å². The third kappa shape index (κ3) is 6.39. The van der Waals surface area contributed by atoms with E-state index in [1.165, 1.54) is 22.2 Å². The molecule has 1 amide bonds. The van der Waals surface area contributed by atoms with Crippen molar-refractivity contribution >= 4 is 40.1 Å². The molecule has 0 radical (unpaired) electrons. The fourth-order valence-electron chi connectivity index (χ4n) is 6.13. The Labute approximate surface area is 280 Å². The molecule has 1 saturated heterocycles. The first-order chi connectivity index (χ1) is 23.4. The Hall–Kier alpha value is -5.84. The van der Waals surface area contributed by atoms with Crippen LogP contribution < -0.4 is 27.2 Å². The van der Waals surface area contributed by atoms with Gasteiger partial charge in [0.1, 0.15) is 11.1 Å². The van der Waals surface area contributed by atoms with Gasteiger partial charge in [-0.3, -0.25) is 23.3 Å². The van der Waals surface area contributed by atoms with Gasteiger partial charge in [0, 0.05) is 31.7 Å². The van der Waals surface area contributed by atoms with Crippen LogP contribution in [0.1, 0.15) is 50.9 Å². The van der Waals surface area contributed by atoms with Crippen molar-refractivity contribution in [1.82, 2.24) is 28.6 Å². The smallest absolute Gasteiger partial charge is 0.419 e. The number of para-hydroxylation sites is 2. The van der Waals surface area contributed by atoms with Crippen molar-refractivity contribution in [3.05, 3.63) is 85.5 Å². The van der Waals surface area contributed by atoms with E-state index in [4.69, 9.17) is 14.1 Å². The van der Waals surface area contributed by atoms with Gasteiger partial charge >= 0.3 is 17.5 Å². The molecule has 0 saturated carbocycles. The van der Waals surface area contributed by atoms with Crippen molar-refractivity contribution in [3.8, 4) is 17.5 Å². The SMILES string of the molecule is CC#CCn1c(N2CCC[C@@H](NC(=O)OC(C)(C)C)C2)nc2c1c(=O)n(CC(=O)c1cccc3oc(=O)n(C)c13)c(=O)n2-c1ccccc1. The van der Waals surface area contributed by atoms with E-state index in [-0.39, 0.29) is 40.4 Å². The van der Waals surface area contributed by atoms with Gasteiger partial charge in [-0.2, -0.15) is 4.98 Å². The molecule has 254 valence electrons. The van der Waals surface area contributed by atoms with E-state index in [0.717, 1.165) is 11.0 Å². The lowest BCUT2D eigenvalue weighted by atomic mass is 10.1. The number of aryl methyl sites for hydroxylation is 1. The molecule has 14 heteroatoms. The van der Waals surface area contributed by atoms with Crippen molar-refractivity contribution in [2.24, 2.45) is 7.05 Å². The lowest BCUT2D eigenvalue weighted by Gasteiger charge is -2.34. The molecule has 0 bridgehead atoms. The summed E-state index contributed by atoms with van der Waals surface area (Å²) in [7, 11) is 1.48. The van der Waals surface area contributed by atoms with E-state index >= 15 is 0 Å². The number of carbonyl (C=O) groups excluding carboxylic acids is 2. The number of oxazole rings is 1. The lowest BCUT2D eigenvalue weighted by molar-refractivity contribution is 0.0499. The van der Waals surface area contributed by atoms with Crippen LogP contribution in [0.4, 0.5) is 10.7 Å². The molecule has 1 fully saturated rings. The largest absolute Gasteiger partial charge is 0.444 e. The average Bonchev–Trinajstić information content (AvgIpc) is 3.58. The number of hydrogen-bond acceptors (Lipinski definition) is 9. The van der Waals surface area contributed by atoms with Crippen LogP contribution in [0, 0.1) is 11.8 Å². The van der Waals surface area contributed by atoms with Gasteiger partial charge in [-0.05, 0) is 64.8 Å². The fourth-order valence-corrected chi connectivity index (χ4v) is 6.13. The number of nitrogens with zero attached hydrogens (tertiary/aromatic N) is 6. The van der Waals surface area contributed by atoms with E-state index < -0.39 is 41.0 Å². The molecule has 6 rings (SSSR count). The molecule has 0 aliphatic carbocycles. The Morgan fingerprint density at radius 2 is 1.80 bits per heavy atom. The molecule has 4 heterocycles. The second-order valence-corrected chi connectivity index (χ2v) is 12.9. The quantitative estimate of drug-likeness (QED) is 0.204. The average molecular weight is 668 g/mol. The standard InChI is InChI=1S/C35H37N7O7/c1-6-7-19-40-28-29(37-31(40)39-18-12-13-22(20-39)36-32(45)49-35(2,3)4)42(23-14-9-8-10-15-23)33(46)41(30(28)44)21-25(43)24-16-11-17-26-27(24)38(5)34(47)48-26/h8-11,14-17,22H,12-13,18-21H2,1-5H3,(H,36,45)/t22-/m1/s1. The molecule has 1 atom stereocenters. The Bertz CT molecular complexity index is 2330. The zero-order chi connectivity index (χ0) is 35.0. The van der Waals surface area contributed by atoms with Gasteiger partial charge in [0.25, 0.3) is 5.56 Å². The number of nitrogens with one attached hydrogen (secondary N) is 1. The molecule has 2 aromatic carbocycles. The first-order valence-electron chi connectivity index (χ1n) is 15.9. The predicted octanol–water partition coefficient (Wildman–Crippen LogP) is 3.19. The predicted molar refractivity (Wildman–Crippen MR) is 183 cm³/mol. The molecule has 0 spiro atoms. The number of imidazole rings is 1. The molecule has 5 aromatic rings. The summed E-state index contributed by atoms with van der Waals surface area (Å²) in [6.07, 6.45) is 0.903. The van der Waals surface area contributed by atoms with Gasteiger partial charge in [-0.1, -0.05) is 30.2 Å². The van der Waals surface area contributed by atoms with Crippen LogP contribution in [-0.4, -0.2) is 59.9 Å². The van der Waals surface area contributed by atoms with Crippen LogP contribution in [0.5, 0.6) is 0 Å². The Morgan fingerprint density at radius 1 is 1.04 bits per heavy atom. The van der Waals surface area contributed by atoms with Gasteiger partial charge in [0.2, 0.25) is 5.95 Å². The number of amides is 1. The topological polar surface area (TPSA) is 156 Å². The van der Waals surface area contributed by atoms with Crippen LogP contribution in [0.15, 0.2) is 67.3 Å². The number of fused-ring (bicyclic) bond motifs is 2. The fraction of sp³-hybridized carbons (Fsp3) is 0.371. The number of aromatic nitrogens is 5. The molecule has 49 heavy (non-hydrogen) atoms. The molecule has 1 N–H and O–H groups in total. The first kappa shape index (κ1) is 33.1. The summed E-state index contributed by atoms with van der Waals surface area (Å²) in [5, 5.41) is 2.94. The lowest BCUT2D eigenvalue weighted by Crippen LogP contribution is -2.49. The molecular formula is C35H37N7O7. The number of hydrogen-bond donors (Lipinski definition) is 1. The normalized spacial score (nSPS) is 14.9. The second-order valence-electron chi connectivity index (χ2n) is 12.9. The van der Waals surface area contributed by atoms with Crippen molar-refractivity contribution in [1.29, 1.82) is 0 Å². The minimum atomic E-state index is -0.758. The van der Waals surface area contributed by atoms with E-state index in [1.807, 2.05) is 4.90 Å². The van der Waals surface area contributed by atoms with Gasteiger partial charge in [0.15, 0.2) is 22.5 Å². The maximum absolute atomic E-state index is 14.4. The Morgan fingerprint density at radius 3 is 2.51 bits per heavy atom. The van der Waals surface area contributed by atoms with Crippen molar-refractivity contribution < 1.29 is 18.7 Å². The monoisotopic (exact) mass is 667 g/mol. The van der Waals surface area contributed by atoms with E-state index in [1.54, 1.807) is 74.7 Å². The summed E-state index contributed by atoms with van der Waals surface area (Å²) < 4.78 is 15.8. The van der Waals surface area contributed by atoms with Crippen molar-refractivity contribution in [2.45, 2.75) is 65.3 Å². The highest BCUT2D eigenvalue weighted by atomic mass is 16.6. The molecule has 3 aromatic heterocycles. The number of ether oxygens (including phenoxy) is 1. The molecule has 1 aliphatic heterocycles. The maximum atomic E-state index is 14.4. The van der Waals surface area contributed by atoms with Crippen LogP contribution in [0.3, 0.4) is 0 Å². The molecule has 0 unspecified atom stereocenters. The summed E-state index contributed by atoms with van der Waals surface area (Å²) in [4.78, 5) is 74.1. The number of alkyl carbamates (subject to hydrolysis) is 1. The number of ketones is 1. The minimum absolute atomic E-state index is 0.0790. The van der Waals surface area contributed by atoms with Crippen LogP contribution in [0.2, 0.25) is 0 Å². The second kappa shape index (κ2) is 13.0. The minimum Gasteiger partial charge on any atom is -0.444 e. The Kier molecular flexibility index (Phi) is 8.77. The summed E-state index contributed by atoms with van der Waals surface area (Å²) in [6.45, 7) is 7.49. The van der Waals surface area contributed by atoms with Crippen molar-refractivity contribution in [2.75, 3.05) is 18.0 Å². The van der Waals surface area contributed by atoms with Crippen molar-refractivity contribution in [3.63, 3.8) is 0 Å². The summed E-state index contributed by atoms with van der Waals surface area (Å²) in [5.41, 5.74) is -0.883. The van der Waals surface area contributed by atoms with Crippen LogP contribution >= 0.6 is 0 Å². The third-order valence-electron chi connectivity index (χ3n) is 8.27. The van der Waals surface area contributed by atoms with Gasteiger partial charge in [-0.25, -0.2) is 19.0 Å². The van der Waals surface area contributed by atoms with E-state index in [0.29, 0.717) is 31.1 Å². The number of anilines is 1. The van der Waals surface area contributed by atoms with Crippen LogP contribution in [-0.2, 0) is 24.9 Å².